The van der Waals surface area contributed by atoms with E-state index in [-0.39, 0.29) is 0 Å². The first-order chi connectivity index (χ1) is 8.22. The van der Waals surface area contributed by atoms with Crippen molar-refractivity contribution in [2.75, 3.05) is 14.2 Å². The molecule has 0 N–H and O–H groups in total. The number of rotatable bonds is 3. The van der Waals surface area contributed by atoms with Gasteiger partial charge in [0, 0.05) is 24.6 Å². The molecule has 0 aromatic carbocycles. The lowest BCUT2D eigenvalue weighted by Gasteiger charge is -2.42. The third-order valence-electron chi connectivity index (χ3n) is 4.68. The molecule has 0 aromatic heterocycles. The van der Waals surface area contributed by atoms with Crippen molar-refractivity contribution in [3.05, 3.63) is 0 Å². The summed E-state index contributed by atoms with van der Waals surface area (Å²) < 4.78 is 5.53. The Bertz CT molecular complexity index is 236. The van der Waals surface area contributed by atoms with E-state index in [1.54, 1.807) is 0 Å². The average Bonchev–Trinajstić information content (AvgIpc) is 2.38. The molecule has 0 spiro atoms. The van der Waals surface area contributed by atoms with Crippen molar-refractivity contribution in [1.29, 1.82) is 0 Å². The highest BCUT2D eigenvalue weighted by Crippen LogP contribution is 2.32. The quantitative estimate of drug-likeness (QED) is 0.720. The second-order valence-electron chi connectivity index (χ2n) is 5.71. The Morgan fingerprint density at radius 3 is 2.53 bits per heavy atom. The van der Waals surface area contributed by atoms with Gasteiger partial charge in [0.2, 0.25) is 0 Å². The predicted molar refractivity (Wildman–Crippen MR) is 72.7 cm³/mol. The molecule has 3 heteroatoms. The van der Waals surface area contributed by atoms with Crippen LogP contribution in [0.2, 0.25) is 0 Å². The molecule has 0 aliphatic heterocycles. The summed E-state index contributed by atoms with van der Waals surface area (Å²) in [5.74, 6) is 0. The van der Waals surface area contributed by atoms with Crippen LogP contribution in [0.5, 0.6) is 0 Å². The fraction of sp³-hybridized carbons (Fsp3) is 1.00. The number of methoxy groups -OCH3 is 1. The summed E-state index contributed by atoms with van der Waals surface area (Å²) in [4.78, 5) is 2.56. The second kappa shape index (κ2) is 6.40. The normalized spacial score (nSPS) is 39.5. The van der Waals surface area contributed by atoms with Gasteiger partial charge < -0.3 is 4.74 Å². The Balaban J connectivity index is 1.91. The molecule has 0 amide bonds. The number of alkyl halides is 1. The highest BCUT2D eigenvalue weighted by Gasteiger charge is 2.33. The zero-order valence-electron chi connectivity index (χ0n) is 11.2. The summed E-state index contributed by atoms with van der Waals surface area (Å²) in [6.45, 7) is 0. The molecule has 2 nitrogen and oxygen atoms in total. The number of hydrogen-bond donors (Lipinski definition) is 0. The third-order valence-corrected chi connectivity index (χ3v) is 5.19. The van der Waals surface area contributed by atoms with Gasteiger partial charge in [-0.3, -0.25) is 4.90 Å². The fourth-order valence-corrected chi connectivity index (χ4v) is 3.96. The summed E-state index contributed by atoms with van der Waals surface area (Å²) in [6, 6.07) is 1.27. The van der Waals surface area contributed by atoms with Crippen molar-refractivity contribution in [1.82, 2.24) is 4.90 Å². The minimum atomic E-state index is 0.358. The van der Waals surface area contributed by atoms with Gasteiger partial charge in [-0.15, -0.1) is 11.6 Å². The Labute approximate surface area is 111 Å². The van der Waals surface area contributed by atoms with Crippen molar-refractivity contribution in [3.8, 4) is 0 Å². The van der Waals surface area contributed by atoms with Crippen LogP contribution < -0.4 is 0 Å². The number of halogens is 1. The van der Waals surface area contributed by atoms with Gasteiger partial charge in [0.1, 0.15) is 0 Å². The van der Waals surface area contributed by atoms with E-state index >= 15 is 0 Å². The maximum Gasteiger partial charge on any atom is 0.0586 e. The van der Waals surface area contributed by atoms with E-state index in [9.17, 15) is 0 Å². The van der Waals surface area contributed by atoms with Gasteiger partial charge >= 0.3 is 0 Å². The molecule has 2 rings (SSSR count). The third kappa shape index (κ3) is 3.36. The van der Waals surface area contributed by atoms with Crippen LogP contribution in [-0.2, 0) is 4.74 Å². The maximum absolute atomic E-state index is 6.49. The molecule has 2 aliphatic carbocycles. The molecule has 0 heterocycles. The Morgan fingerprint density at radius 2 is 1.82 bits per heavy atom. The Morgan fingerprint density at radius 1 is 1.06 bits per heavy atom. The molecular weight excluding hydrogens is 234 g/mol. The van der Waals surface area contributed by atoms with E-state index in [2.05, 4.69) is 11.9 Å². The zero-order chi connectivity index (χ0) is 12.3. The summed E-state index contributed by atoms with van der Waals surface area (Å²) in [5, 5.41) is 0.358. The summed E-state index contributed by atoms with van der Waals surface area (Å²) in [6.07, 6.45) is 10.6. The lowest BCUT2D eigenvalue weighted by Crippen LogP contribution is -2.48. The van der Waals surface area contributed by atoms with E-state index in [0.717, 1.165) is 0 Å². The topological polar surface area (TPSA) is 12.5 Å². The highest BCUT2D eigenvalue weighted by atomic mass is 35.5. The molecule has 2 fully saturated rings. The van der Waals surface area contributed by atoms with Gasteiger partial charge in [0.15, 0.2) is 0 Å². The van der Waals surface area contributed by atoms with Crippen LogP contribution >= 0.6 is 11.6 Å². The minimum Gasteiger partial charge on any atom is -0.381 e. The van der Waals surface area contributed by atoms with Crippen molar-refractivity contribution in [3.63, 3.8) is 0 Å². The molecule has 100 valence electrons. The predicted octanol–water partition coefficient (Wildman–Crippen LogP) is 3.43. The first-order valence-corrected chi connectivity index (χ1v) is 7.55. The van der Waals surface area contributed by atoms with Crippen molar-refractivity contribution in [2.45, 2.75) is 74.9 Å². The molecule has 4 unspecified atom stereocenters. The number of hydrogen-bond acceptors (Lipinski definition) is 2. The largest absolute Gasteiger partial charge is 0.381 e. The molecule has 17 heavy (non-hydrogen) atoms. The molecule has 2 aliphatic rings. The number of ether oxygens (including phenoxy) is 1. The van der Waals surface area contributed by atoms with Gasteiger partial charge in [0.25, 0.3) is 0 Å². The molecule has 0 aromatic rings. The molecule has 4 atom stereocenters. The van der Waals surface area contributed by atoms with Crippen LogP contribution in [-0.4, -0.2) is 42.6 Å². The minimum absolute atomic E-state index is 0.358. The summed E-state index contributed by atoms with van der Waals surface area (Å²) in [5.41, 5.74) is 0. The van der Waals surface area contributed by atoms with Crippen LogP contribution in [0.3, 0.4) is 0 Å². The molecular formula is C14H26ClNO. The Kier molecular flexibility index (Phi) is 5.13. The van der Waals surface area contributed by atoms with Crippen LogP contribution in [0.25, 0.3) is 0 Å². The smallest absolute Gasteiger partial charge is 0.0586 e. The van der Waals surface area contributed by atoms with Gasteiger partial charge in [-0.25, -0.2) is 0 Å². The lowest BCUT2D eigenvalue weighted by atomic mass is 9.88. The standard InChI is InChI=1S/C14H26ClNO/c1-16(14-9-4-3-8-13(14)15)11-6-5-7-12(10-11)17-2/h11-14H,3-10H2,1-2H3. The Hall–Kier alpha value is 0.210. The fourth-order valence-electron chi connectivity index (χ4n) is 3.50. The molecule has 2 saturated carbocycles. The van der Waals surface area contributed by atoms with Gasteiger partial charge in [0.05, 0.1) is 6.10 Å². The molecule has 0 bridgehead atoms. The first-order valence-electron chi connectivity index (χ1n) is 7.11. The van der Waals surface area contributed by atoms with Gasteiger partial charge in [-0.05, 0) is 45.6 Å². The SMILES string of the molecule is COC1CCCC(N(C)C2CCCCC2Cl)C1. The van der Waals surface area contributed by atoms with Crippen molar-refractivity contribution in [2.24, 2.45) is 0 Å². The van der Waals surface area contributed by atoms with E-state index < -0.39 is 0 Å². The van der Waals surface area contributed by atoms with Gasteiger partial charge in [-0.2, -0.15) is 0 Å². The molecule has 0 radical (unpaired) electrons. The summed E-state index contributed by atoms with van der Waals surface area (Å²) >= 11 is 6.49. The second-order valence-corrected chi connectivity index (χ2v) is 6.27. The van der Waals surface area contributed by atoms with E-state index in [4.69, 9.17) is 16.3 Å². The van der Waals surface area contributed by atoms with Crippen molar-refractivity contribution < 1.29 is 4.74 Å². The van der Waals surface area contributed by atoms with E-state index in [1.165, 1.54) is 51.4 Å². The zero-order valence-corrected chi connectivity index (χ0v) is 12.0. The summed E-state index contributed by atoms with van der Waals surface area (Å²) in [7, 11) is 4.12. The van der Waals surface area contributed by atoms with Crippen LogP contribution in [0.4, 0.5) is 0 Å². The van der Waals surface area contributed by atoms with E-state index in [1.807, 2.05) is 7.11 Å². The van der Waals surface area contributed by atoms with E-state index in [0.29, 0.717) is 23.6 Å². The molecule has 0 saturated heterocycles. The van der Waals surface area contributed by atoms with Crippen LogP contribution in [0, 0.1) is 0 Å². The van der Waals surface area contributed by atoms with Crippen LogP contribution in [0.1, 0.15) is 51.4 Å². The van der Waals surface area contributed by atoms with Gasteiger partial charge in [-0.1, -0.05) is 12.8 Å². The highest BCUT2D eigenvalue weighted by molar-refractivity contribution is 6.21. The number of nitrogens with zero attached hydrogens (tertiary/aromatic N) is 1. The van der Waals surface area contributed by atoms with Crippen molar-refractivity contribution >= 4 is 11.6 Å². The monoisotopic (exact) mass is 259 g/mol. The lowest BCUT2D eigenvalue weighted by molar-refractivity contribution is 0.0191. The average molecular weight is 260 g/mol. The maximum atomic E-state index is 6.49. The van der Waals surface area contributed by atoms with Crippen LogP contribution in [0.15, 0.2) is 0 Å². The first kappa shape index (κ1) is 13.6.